The smallest absolute Gasteiger partial charge is 0.119 e. The zero-order valence-corrected chi connectivity index (χ0v) is 11.3. The maximum Gasteiger partial charge on any atom is 0.119 e. The van der Waals surface area contributed by atoms with Crippen LogP contribution in [-0.4, -0.2) is 12.1 Å². The van der Waals surface area contributed by atoms with Crippen LogP contribution in [0.15, 0.2) is 46.5 Å². The summed E-state index contributed by atoms with van der Waals surface area (Å²) in [4.78, 5) is 5.56. The molecule has 0 aliphatic rings. The van der Waals surface area contributed by atoms with E-state index >= 15 is 0 Å². The summed E-state index contributed by atoms with van der Waals surface area (Å²) < 4.78 is 5.21. The number of rotatable bonds is 4. The molecule has 0 spiro atoms. The van der Waals surface area contributed by atoms with Crippen molar-refractivity contribution in [3.05, 3.63) is 47.7 Å². The van der Waals surface area contributed by atoms with Gasteiger partial charge in [0.25, 0.3) is 0 Å². The van der Waals surface area contributed by atoms with Crippen molar-refractivity contribution in [3.63, 3.8) is 0 Å². The average molecular weight is 260 g/mol. The fraction of sp³-hybridized carbons (Fsp3) is 0.214. The standard InChI is InChI=1S/C14H16N2OS/c1-10-6-11(8-15)9-16-14(10)18-13-5-3-4-12(7-13)17-2/h3-7,9H,8,15H2,1-2H3. The van der Waals surface area contributed by atoms with Crippen molar-refractivity contribution in [1.29, 1.82) is 0 Å². The summed E-state index contributed by atoms with van der Waals surface area (Å²) in [6, 6.07) is 10.0. The first kappa shape index (κ1) is 12.9. The first-order chi connectivity index (χ1) is 8.72. The third kappa shape index (κ3) is 3.03. The van der Waals surface area contributed by atoms with Crippen LogP contribution in [0.1, 0.15) is 11.1 Å². The molecule has 0 amide bonds. The number of methoxy groups -OCH3 is 1. The van der Waals surface area contributed by atoms with E-state index in [1.54, 1.807) is 18.9 Å². The van der Waals surface area contributed by atoms with Gasteiger partial charge in [-0.1, -0.05) is 23.9 Å². The van der Waals surface area contributed by atoms with E-state index in [0.717, 1.165) is 26.8 Å². The number of nitrogens with zero attached hydrogens (tertiary/aromatic N) is 1. The molecule has 0 aliphatic heterocycles. The summed E-state index contributed by atoms with van der Waals surface area (Å²) >= 11 is 1.63. The molecule has 2 N–H and O–H groups in total. The van der Waals surface area contributed by atoms with Crippen LogP contribution in [0.2, 0.25) is 0 Å². The molecule has 1 aromatic carbocycles. The maximum atomic E-state index is 5.60. The number of aromatic nitrogens is 1. The zero-order valence-electron chi connectivity index (χ0n) is 10.5. The number of nitrogens with two attached hydrogens (primary N) is 1. The summed E-state index contributed by atoms with van der Waals surface area (Å²) in [7, 11) is 1.67. The molecular formula is C14H16N2OS. The first-order valence-corrected chi connectivity index (χ1v) is 6.52. The van der Waals surface area contributed by atoms with Crippen LogP contribution in [0, 0.1) is 6.92 Å². The highest BCUT2D eigenvalue weighted by atomic mass is 32.2. The fourth-order valence-corrected chi connectivity index (χ4v) is 2.49. The second kappa shape index (κ2) is 5.89. The van der Waals surface area contributed by atoms with Crippen LogP contribution in [0.5, 0.6) is 5.75 Å². The van der Waals surface area contributed by atoms with Crippen LogP contribution in [-0.2, 0) is 6.54 Å². The molecule has 94 valence electrons. The molecule has 2 aromatic rings. The Balaban J connectivity index is 2.22. The average Bonchev–Trinajstić information content (AvgIpc) is 2.41. The number of hydrogen-bond acceptors (Lipinski definition) is 4. The van der Waals surface area contributed by atoms with Crippen molar-refractivity contribution in [2.24, 2.45) is 5.73 Å². The molecule has 4 heteroatoms. The molecule has 0 atom stereocenters. The van der Waals surface area contributed by atoms with Crippen LogP contribution >= 0.6 is 11.8 Å². The van der Waals surface area contributed by atoms with Crippen molar-refractivity contribution in [2.75, 3.05) is 7.11 Å². The lowest BCUT2D eigenvalue weighted by Crippen LogP contribution is -1.98. The van der Waals surface area contributed by atoms with E-state index in [0.29, 0.717) is 6.54 Å². The molecule has 0 unspecified atom stereocenters. The fourth-order valence-electron chi connectivity index (χ4n) is 1.62. The Morgan fingerprint density at radius 2 is 2.17 bits per heavy atom. The predicted octanol–water partition coefficient (Wildman–Crippen LogP) is 3.01. The molecule has 0 bridgehead atoms. The molecule has 0 radical (unpaired) electrons. The van der Waals surface area contributed by atoms with Gasteiger partial charge in [-0.25, -0.2) is 4.98 Å². The van der Waals surface area contributed by atoms with E-state index in [-0.39, 0.29) is 0 Å². The van der Waals surface area contributed by atoms with E-state index in [1.165, 1.54) is 0 Å². The van der Waals surface area contributed by atoms with Gasteiger partial charge >= 0.3 is 0 Å². The van der Waals surface area contributed by atoms with Crippen LogP contribution in [0.3, 0.4) is 0 Å². The number of pyridine rings is 1. The predicted molar refractivity (Wildman–Crippen MR) is 74.0 cm³/mol. The lowest BCUT2D eigenvalue weighted by molar-refractivity contribution is 0.413. The summed E-state index contributed by atoms with van der Waals surface area (Å²) in [5.74, 6) is 0.858. The van der Waals surface area contributed by atoms with Crippen molar-refractivity contribution in [3.8, 4) is 5.75 Å². The molecular weight excluding hydrogens is 244 g/mol. The highest BCUT2D eigenvalue weighted by Crippen LogP contribution is 2.30. The Morgan fingerprint density at radius 1 is 1.33 bits per heavy atom. The van der Waals surface area contributed by atoms with Crippen molar-refractivity contribution >= 4 is 11.8 Å². The highest BCUT2D eigenvalue weighted by Gasteiger charge is 2.04. The van der Waals surface area contributed by atoms with Gasteiger partial charge in [-0.05, 0) is 36.2 Å². The number of aryl methyl sites for hydroxylation is 1. The van der Waals surface area contributed by atoms with Gasteiger partial charge in [0.2, 0.25) is 0 Å². The molecule has 18 heavy (non-hydrogen) atoms. The Kier molecular flexibility index (Phi) is 4.23. The number of benzene rings is 1. The largest absolute Gasteiger partial charge is 0.497 e. The Labute approximate surface area is 111 Å². The second-order valence-corrected chi connectivity index (χ2v) is 5.01. The summed E-state index contributed by atoms with van der Waals surface area (Å²) in [6.45, 7) is 2.58. The molecule has 3 nitrogen and oxygen atoms in total. The lowest BCUT2D eigenvalue weighted by atomic mass is 10.2. The van der Waals surface area contributed by atoms with E-state index in [1.807, 2.05) is 30.5 Å². The van der Waals surface area contributed by atoms with Gasteiger partial charge in [-0.3, -0.25) is 0 Å². The number of hydrogen-bond donors (Lipinski definition) is 1. The van der Waals surface area contributed by atoms with E-state index in [9.17, 15) is 0 Å². The minimum Gasteiger partial charge on any atom is -0.497 e. The molecule has 1 aromatic heterocycles. The molecule has 0 saturated heterocycles. The van der Waals surface area contributed by atoms with Gasteiger partial charge in [0.15, 0.2) is 0 Å². The highest BCUT2D eigenvalue weighted by molar-refractivity contribution is 7.99. The monoisotopic (exact) mass is 260 g/mol. The van der Waals surface area contributed by atoms with Crippen LogP contribution < -0.4 is 10.5 Å². The normalized spacial score (nSPS) is 10.4. The summed E-state index contributed by atoms with van der Waals surface area (Å²) in [6.07, 6.45) is 1.83. The molecule has 0 aliphatic carbocycles. The van der Waals surface area contributed by atoms with E-state index in [4.69, 9.17) is 10.5 Å². The van der Waals surface area contributed by atoms with Crippen LogP contribution in [0.4, 0.5) is 0 Å². The third-order valence-electron chi connectivity index (χ3n) is 2.58. The van der Waals surface area contributed by atoms with Crippen molar-refractivity contribution in [2.45, 2.75) is 23.4 Å². The Morgan fingerprint density at radius 3 is 2.83 bits per heavy atom. The van der Waals surface area contributed by atoms with Gasteiger partial charge in [0.05, 0.1) is 7.11 Å². The quantitative estimate of drug-likeness (QED) is 0.918. The lowest BCUT2D eigenvalue weighted by Gasteiger charge is -2.07. The minimum atomic E-state index is 0.526. The van der Waals surface area contributed by atoms with E-state index in [2.05, 4.69) is 18.0 Å². The van der Waals surface area contributed by atoms with Gasteiger partial charge < -0.3 is 10.5 Å². The maximum absolute atomic E-state index is 5.60. The summed E-state index contributed by atoms with van der Waals surface area (Å²) in [5.41, 5.74) is 7.80. The SMILES string of the molecule is COc1cccc(Sc2ncc(CN)cc2C)c1. The number of ether oxygens (including phenoxy) is 1. The molecule has 2 rings (SSSR count). The molecule has 0 saturated carbocycles. The van der Waals surface area contributed by atoms with Crippen molar-refractivity contribution in [1.82, 2.24) is 4.98 Å². The van der Waals surface area contributed by atoms with E-state index < -0.39 is 0 Å². The van der Waals surface area contributed by atoms with Crippen LogP contribution in [0.25, 0.3) is 0 Å². The minimum absolute atomic E-state index is 0.526. The van der Waals surface area contributed by atoms with Gasteiger partial charge in [0.1, 0.15) is 10.8 Å². The van der Waals surface area contributed by atoms with Gasteiger partial charge in [0, 0.05) is 17.6 Å². The van der Waals surface area contributed by atoms with Gasteiger partial charge in [-0.15, -0.1) is 0 Å². The molecule has 0 fully saturated rings. The Hall–Kier alpha value is -1.52. The topological polar surface area (TPSA) is 48.1 Å². The molecule has 1 heterocycles. The zero-order chi connectivity index (χ0) is 13.0. The van der Waals surface area contributed by atoms with Crippen molar-refractivity contribution < 1.29 is 4.74 Å². The first-order valence-electron chi connectivity index (χ1n) is 5.70. The van der Waals surface area contributed by atoms with Gasteiger partial charge in [-0.2, -0.15) is 0 Å². The summed E-state index contributed by atoms with van der Waals surface area (Å²) in [5, 5.41) is 1.00. The third-order valence-corrected chi connectivity index (χ3v) is 3.69. The Bertz CT molecular complexity index is 543. The second-order valence-electron chi connectivity index (χ2n) is 3.95.